The van der Waals surface area contributed by atoms with Crippen LogP contribution in [-0.2, 0) is 17.8 Å². The van der Waals surface area contributed by atoms with Crippen molar-refractivity contribution < 1.29 is 28.7 Å². The lowest BCUT2D eigenvalue weighted by molar-refractivity contribution is 0.0358. The van der Waals surface area contributed by atoms with E-state index in [4.69, 9.17) is 20.9 Å². The Labute approximate surface area is 315 Å². The van der Waals surface area contributed by atoms with Crippen molar-refractivity contribution in [2.24, 2.45) is 11.5 Å². The lowest BCUT2D eigenvalue weighted by Gasteiger charge is -2.26. The fourth-order valence-electron chi connectivity index (χ4n) is 5.82. The number of aromatic nitrogens is 7. The fourth-order valence-corrected chi connectivity index (χ4v) is 6.80. The van der Waals surface area contributed by atoms with Crippen molar-refractivity contribution in [2.75, 3.05) is 50.1 Å². The molecule has 1 aliphatic rings. The number of hydrogen-bond donors (Lipinski definition) is 4. The molecule has 5 aromatic heterocycles. The summed E-state index contributed by atoms with van der Waals surface area (Å²) < 4.78 is 23.2. The number of anilines is 2. The number of carbonyl (C=O) groups is 4. The van der Waals surface area contributed by atoms with Gasteiger partial charge in [0.05, 0.1) is 30.9 Å². The molecule has 20 heteroatoms. The van der Waals surface area contributed by atoms with Crippen molar-refractivity contribution in [3.8, 4) is 5.75 Å². The standard InChI is InChI=1S/C34H34N12O6S2/c35-28(47)20-16-22-27(24(18-20)52-13-3-8-44-11-14-51-15-12-44)45(33(40-22)42-31(49)25-4-6-38-53-25)9-1-2-10-46-30-23(17-21(19-37-30)29(36)48)41-34(46)43-32(50)26-5-7-39-54-26/h1-2,4-7,16-19H,3,8-15H2,(H2,35,47)(H2,36,48)(H,40,42,49)(H,41,43,50). The number of morpholine rings is 1. The van der Waals surface area contributed by atoms with Crippen LogP contribution >= 0.6 is 23.1 Å². The lowest BCUT2D eigenvalue weighted by Crippen LogP contribution is -2.37. The van der Waals surface area contributed by atoms with Crippen LogP contribution in [0.15, 0.2) is 61.1 Å². The highest BCUT2D eigenvalue weighted by molar-refractivity contribution is 7.08. The number of nitrogens with two attached hydrogens (primary N) is 2. The van der Waals surface area contributed by atoms with E-state index >= 15 is 0 Å². The summed E-state index contributed by atoms with van der Waals surface area (Å²) >= 11 is 2.08. The molecule has 7 rings (SSSR count). The number of hydrogen-bond acceptors (Lipinski definition) is 14. The maximum absolute atomic E-state index is 13.2. The second kappa shape index (κ2) is 16.3. The zero-order valence-corrected chi connectivity index (χ0v) is 30.3. The van der Waals surface area contributed by atoms with Crippen molar-refractivity contribution in [2.45, 2.75) is 19.5 Å². The van der Waals surface area contributed by atoms with Crippen LogP contribution in [0.4, 0.5) is 11.9 Å². The molecule has 6 N–H and O–H groups in total. The molecular weight excluding hydrogens is 737 g/mol. The molecule has 0 saturated carbocycles. The molecule has 6 heterocycles. The van der Waals surface area contributed by atoms with E-state index in [-0.39, 0.29) is 36.1 Å². The minimum atomic E-state index is -0.664. The number of ether oxygens (including phenoxy) is 2. The number of imidazole rings is 2. The summed E-state index contributed by atoms with van der Waals surface area (Å²) in [6, 6.07) is 7.83. The molecule has 1 fully saturated rings. The molecule has 6 aromatic rings. The number of rotatable bonds is 15. The Morgan fingerprint density at radius 2 is 1.44 bits per heavy atom. The normalized spacial score (nSPS) is 13.5. The smallest absolute Gasteiger partial charge is 0.269 e. The number of nitrogens with zero attached hydrogens (tertiary/aromatic N) is 8. The topological polar surface area (TPSA) is 240 Å². The number of primary amides is 2. The van der Waals surface area contributed by atoms with Crippen LogP contribution < -0.4 is 26.8 Å². The number of amides is 4. The third-order valence-electron chi connectivity index (χ3n) is 8.46. The van der Waals surface area contributed by atoms with Crippen LogP contribution in [0.25, 0.3) is 22.2 Å². The second-order valence-corrected chi connectivity index (χ2v) is 13.7. The molecule has 0 radical (unpaired) electrons. The molecule has 1 aromatic carbocycles. The van der Waals surface area contributed by atoms with Crippen molar-refractivity contribution in [1.82, 2.24) is 37.7 Å². The van der Waals surface area contributed by atoms with E-state index in [0.717, 1.165) is 49.1 Å². The third-order valence-corrected chi connectivity index (χ3v) is 9.95. The zero-order valence-electron chi connectivity index (χ0n) is 28.6. The van der Waals surface area contributed by atoms with Crippen LogP contribution in [-0.4, -0.2) is 101 Å². The van der Waals surface area contributed by atoms with Crippen LogP contribution in [0.1, 0.15) is 46.5 Å². The Kier molecular flexibility index (Phi) is 10.9. The molecule has 0 bridgehead atoms. The summed E-state index contributed by atoms with van der Waals surface area (Å²) in [6.45, 7) is 4.65. The van der Waals surface area contributed by atoms with Gasteiger partial charge in [0.1, 0.15) is 26.5 Å². The summed E-state index contributed by atoms with van der Waals surface area (Å²) in [5.41, 5.74) is 13.2. The Hall–Kier alpha value is -6.09. The average Bonchev–Trinajstić information content (AvgIpc) is 4.00. The minimum Gasteiger partial charge on any atom is -0.491 e. The SMILES string of the molecule is NC(=O)c1cnc2c(c1)nc(NC(=O)c1ccns1)n2CC=CCn1c(NC(=O)c2ccns2)nc2cc(C(N)=O)cc(OCCCN3CCOCC3)c21. The Bertz CT molecular complexity index is 2350. The number of nitrogens with one attached hydrogen (secondary N) is 2. The van der Waals surface area contributed by atoms with Gasteiger partial charge in [-0.05, 0) is 59.8 Å². The average molecular weight is 771 g/mol. The second-order valence-electron chi connectivity index (χ2n) is 12.0. The van der Waals surface area contributed by atoms with E-state index in [9.17, 15) is 19.2 Å². The van der Waals surface area contributed by atoms with Crippen LogP contribution in [0.2, 0.25) is 0 Å². The molecule has 4 amide bonds. The number of allylic oxidation sites excluding steroid dienone is 2. The molecule has 1 aliphatic heterocycles. The van der Waals surface area contributed by atoms with Gasteiger partial charge in [-0.25, -0.2) is 23.7 Å². The summed E-state index contributed by atoms with van der Waals surface area (Å²) in [5.74, 6) is -1.35. The predicted octanol–water partition coefficient (Wildman–Crippen LogP) is 2.75. The van der Waals surface area contributed by atoms with Gasteiger partial charge in [0.2, 0.25) is 23.7 Å². The van der Waals surface area contributed by atoms with E-state index in [1.54, 1.807) is 33.4 Å². The Balaban J connectivity index is 1.19. The monoisotopic (exact) mass is 770 g/mol. The van der Waals surface area contributed by atoms with E-state index in [1.165, 1.54) is 24.7 Å². The largest absolute Gasteiger partial charge is 0.491 e. The van der Waals surface area contributed by atoms with E-state index in [2.05, 4.69) is 39.2 Å². The van der Waals surface area contributed by atoms with Crippen LogP contribution in [0, 0.1) is 0 Å². The first-order valence-electron chi connectivity index (χ1n) is 16.8. The first kappa shape index (κ1) is 36.3. The van der Waals surface area contributed by atoms with Crippen LogP contribution in [0.5, 0.6) is 5.75 Å². The van der Waals surface area contributed by atoms with Crippen molar-refractivity contribution >= 4 is 80.8 Å². The summed E-state index contributed by atoms with van der Waals surface area (Å²) in [7, 11) is 0. The Morgan fingerprint density at radius 1 is 0.833 bits per heavy atom. The number of carbonyl (C=O) groups excluding carboxylic acids is 4. The number of fused-ring (bicyclic) bond motifs is 2. The third kappa shape index (κ3) is 8.10. The quantitative estimate of drug-likeness (QED) is 0.0871. The predicted molar refractivity (Wildman–Crippen MR) is 201 cm³/mol. The molecular formula is C34H34N12O6S2. The minimum absolute atomic E-state index is 0.168. The molecule has 18 nitrogen and oxygen atoms in total. The highest BCUT2D eigenvalue weighted by atomic mass is 32.1. The van der Waals surface area contributed by atoms with Gasteiger partial charge in [0, 0.05) is 56.9 Å². The van der Waals surface area contributed by atoms with Crippen molar-refractivity contribution in [3.63, 3.8) is 0 Å². The molecule has 0 aliphatic carbocycles. The maximum atomic E-state index is 13.2. The van der Waals surface area contributed by atoms with E-state index in [1.807, 2.05) is 12.2 Å². The van der Waals surface area contributed by atoms with Gasteiger partial charge in [-0.2, -0.15) is 0 Å². The van der Waals surface area contributed by atoms with Gasteiger partial charge in [0.15, 0.2) is 5.65 Å². The van der Waals surface area contributed by atoms with Crippen LogP contribution in [0.3, 0.4) is 0 Å². The summed E-state index contributed by atoms with van der Waals surface area (Å²) in [5, 5.41) is 5.67. The maximum Gasteiger partial charge on any atom is 0.269 e. The highest BCUT2D eigenvalue weighted by Gasteiger charge is 2.21. The van der Waals surface area contributed by atoms with Crippen molar-refractivity contribution in [1.29, 1.82) is 0 Å². The highest BCUT2D eigenvalue weighted by Crippen LogP contribution is 2.32. The first-order valence-corrected chi connectivity index (χ1v) is 18.3. The van der Waals surface area contributed by atoms with Gasteiger partial charge < -0.3 is 25.5 Å². The zero-order chi connectivity index (χ0) is 37.6. The van der Waals surface area contributed by atoms with Gasteiger partial charge in [-0.15, -0.1) is 0 Å². The fraction of sp³-hybridized carbons (Fsp3) is 0.265. The van der Waals surface area contributed by atoms with Gasteiger partial charge in [-0.3, -0.25) is 39.3 Å². The molecule has 0 atom stereocenters. The van der Waals surface area contributed by atoms with E-state index < -0.39 is 23.6 Å². The molecule has 278 valence electrons. The summed E-state index contributed by atoms with van der Waals surface area (Å²) in [4.78, 5) is 67.1. The molecule has 0 unspecified atom stereocenters. The molecule has 54 heavy (non-hydrogen) atoms. The molecule has 1 saturated heterocycles. The van der Waals surface area contributed by atoms with Gasteiger partial charge in [0.25, 0.3) is 11.8 Å². The number of benzene rings is 1. The van der Waals surface area contributed by atoms with Gasteiger partial charge in [-0.1, -0.05) is 12.2 Å². The summed E-state index contributed by atoms with van der Waals surface area (Å²) in [6.07, 6.45) is 8.79. The molecule has 0 spiro atoms. The lowest BCUT2D eigenvalue weighted by atomic mass is 10.1. The Morgan fingerprint density at radius 3 is 2.07 bits per heavy atom. The van der Waals surface area contributed by atoms with Crippen molar-refractivity contribution in [3.05, 3.63) is 82.0 Å². The van der Waals surface area contributed by atoms with Gasteiger partial charge >= 0.3 is 0 Å². The first-order chi connectivity index (χ1) is 26.2. The number of pyridine rings is 1. The van der Waals surface area contributed by atoms with E-state index in [0.29, 0.717) is 57.5 Å².